The van der Waals surface area contributed by atoms with Crippen molar-refractivity contribution in [3.63, 3.8) is 0 Å². The maximum absolute atomic E-state index is 6.14. The number of para-hydroxylation sites is 1. The molecule has 1 aromatic heterocycles. The number of nitrogen functional groups attached to an aromatic ring is 1. The first-order chi connectivity index (χ1) is 8.25. The minimum absolute atomic E-state index is 0.265. The number of nitrogens with one attached hydrogen (secondary N) is 1. The second-order valence-corrected chi connectivity index (χ2v) is 4.66. The Hall–Kier alpha value is -1.39. The largest absolute Gasteiger partial charge is 0.368 e. The van der Waals surface area contributed by atoms with E-state index in [9.17, 15) is 0 Å². The van der Waals surface area contributed by atoms with Crippen molar-refractivity contribution in [2.75, 3.05) is 12.3 Å². The summed E-state index contributed by atoms with van der Waals surface area (Å²) in [6.07, 6.45) is 2.24. The van der Waals surface area contributed by atoms with Crippen LogP contribution in [-0.4, -0.2) is 16.5 Å². The molecular formula is C12H13ClN4. The molecule has 1 unspecified atom stereocenters. The Morgan fingerprint density at radius 3 is 3.00 bits per heavy atom. The zero-order chi connectivity index (χ0) is 11.8. The Bertz CT molecular complexity index is 564. The van der Waals surface area contributed by atoms with Gasteiger partial charge in [-0.2, -0.15) is 0 Å². The van der Waals surface area contributed by atoms with Crippen LogP contribution in [0.1, 0.15) is 24.6 Å². The van der Waals surface area contributed by atoms with E-state index in [2.05, 4.69) is 15.3 Å². The van der Waals surface area contributed by atoms with Crippen LogP contribution in [0.25, 0.3) is 10.9 Å². The lowest BCUT2D eigenvalue weighted by molar-refractivity contribution is 0.633. The fraction of sp³-hybridized carbons (Fsp3) is 0.333. The van der Waals surface area contributed by atoms with Crippen LogP contribution in [0, 0.1) is 0 Å². The molecule has 0 radical (unpaired) electrons. The third-order valence-electron chi connectivity index (χ3n) is 3.11. The maximum Gasteiger partial charge on any atom is 0.220 e. The number of benzene rings is 1. The second kappa shape index (κ2) is 4.13. The molecule has 1 aliphatic heterocycles. The van der Waals surface area contributed by atoms with E-state index in [1.807, 2.05) is 18.2 Å². The zero-order valence-corrected chi connectivity index (χ0v) is 10.0. The molecule has 3 rings (SSSR count). The van der Waals surface area contributed by atoms with E-state index in [4.69, 9.17) is 17.3 Å². The molecule has 1 atom stereocenters. The normalized spacial score (nSPS) is 19.9. The van der Waals surface area contributed by atoms with Crippen LogP contribution in [0.3, 0.4) is 0 Å². The Kier molecular flexibility index (Phi) is 2.61. The van der Waals surface area contributed by atoms with E-state index < -0.39 is 0 Å². The van der Waals surface area contributed by atoms with Crippen molar-refractivity contribution < 1.29 is 0 Å². The van der Waals surface area contributed by atoms with Gasteiger partial charge in [0.2, 0.25) is 5.95 Å². The Morgan fingerprint density at radius 2 is 2.24 bits per heavy atom. The molecule has 1 aromatic carbocycles. The van der Waals surface area contributed by atoms with Gasteiger partial charge in [0.05, 0.1) is 22.3 Å². The lowest BCUT2D eigenvalue weighted by atomic mass is 10.1. The minimum atomic E-state index is 0.265. The fourth-order valence-electron chi connectivity index (χ4n) is 2.34. The first-order valence-corrected chi connectivity index (χ1v) is 6.08. The van der Waals surface area contributed by atoms with Gasteiger partial charge in [0.15, 0.2) is 0 Å². The number of anilines is 1. The standard InChI is InChI=1S/C12H13ClN4/c13-8-4-1-3-7-10(8)16-12(14)17-11(7)9-5-2-6-15-9/h1,3-4,9,15H,2,5-6H2,(H2,14,16,17). The SMILES string of the molecule is Nc1nc(C2CCCN2)c2cccc(Cl)c2n1. The summed E-state index contributed by atoms with van der Waals surface area (Å²) in [5, 5.41) is 5.04. The van der Waals surface area contributed by atoms with Crippen molar-refractivity contribution >= 4 is 28.5 Å². The highest BCUT2D eigenvalue weighted by Gasteiger charge is 2.21. The summed E-state index contributed by atoms with van der Waals surface area (Å²) >= 11 is 6.14. The smallest absolute Gasteiger partial charge is 0.220 e. The molecule has 2 aromatic rings. The molecular weight excluding hydrogens is 236 g/mol. The molecule has 0 spiro atoms. The number of hydrogen-bond donors (Lipinski definition) is 2. The van der Waals surface area contributed by atoms with Gasteiger partial charge in [-0.3, -0.25) is 0 Å². The summed E-state index contributed by atoms with van der Waals surface area (Å²) in [5.41, 5.74) is 7.46. The van der Waals surface area contributed by atoms with Crippen molar-refractivity contribution in [1.82, 2.24) is 15.3 Å². The molecule has 0 aliphatic carbocycles. The summed E-state index contributed by atoms with van der Waals surface area (Å²) in [6, 6.07) is 6.00. The van der Waals surface area contributed by atoms with Gasteiger partial charge in [0, 0.05) is 5.39 Å². The minimum Gasteiger partial charge on any atom is -0.368 e. The number of nitrogens with two attached hydrogens (primary N) is 1. The van der Waals surface area contributed by atoms with E-state index in [0.717, 1.165) is 36.0 Å². The third-order valence-corrected chi connectivity index (χ3v) is 3.42. The molecule has 0 saturated carbocycles. The topological polar surface area (TPSA) is 63.8 Å². The molecule has 4 nitrogen and oxygen atoms in total. The first kappa shape index (κ1) is 10.7. The summed E-state index contributed by atoms with van der Waals surface area (Å²) in [7, 11) is 0. The van der Waals surface area contributed by atoms with Crippen LogP contribution in [0.2, 0.25) is 5.02 Å². The number of fused-ring (bicyclic) bond motifs is 1. The van der Waals surface area contributed by atoms with Gasteiger partial charge >= 0.3 is 0 Å². The van der Waals surface area contributed by atoms with Gasteiger partial charge in [-0.25, -0.2) is 9.97 Å². The van der Waals surface area contributed by atoms with E-state index in [0.29, 0.717) is 5.02 Å². The van der Waals surface area contributed by atoms with E-state index >= 15 is 0 Å². The molecule has 1 saturated heterocycles. The van der Waals surface area contributed by atoms with E-state index in [1.165, 1.54) is 0 Å². The van der Waals surface area contributed by atoms with Crippen LogP contribution >= 0.6 is 11.6 Å². The molecule has 0 amide bonds. The highest BCUT2D eigenvalue weighted by atomic mass is 35.5. The van der Waals surface area contributed by atoms with Crippen molar-refractivity contribution in [3.05, 3.63) is 28.9 Å². The number of rotatable bonds is 1. The summed E-state index contributed by atoms with van der Waals surface area (Å²) in [5.74, 6) is 0.286. The molecule has 5 heteroatoms. The second-order valence-electron chi connectivity index (χ2n) is 4.25. The van der Waals surface area contributed by atoms with Crippen LogP contribution in [-0.2, 0) is 0 Å². The molecule has 3 N–H and O–H groups in total. The molecule has 88 valence electrons. The Labute approximate surface area is 104 Å². The van der Waals surface area contributed by atoms with E-state index in [-0.39, 0.29) is 12.0 Å². The first-order valence-electron chi connectivity index (χ1n) is 5.71. The molecule has 1 fully saturated rings. The lowest BCUT2D eigenvalue weighted by Crippen LogP contribution is -2.16. The summed E-state index contributed by atoms with van der Waals surface area (Å²) < 4.78 is 0. The van der Waals surface area contributed by atoms with Crippen molar-refractivity contribution in [3.8, 4) is 0 Å². The Balaban J connectivity index is 2.25. The highest BCUT2D eigenvalue weighted by Crippen LogP contribution is 2.30. The average molecular weight is 249 g/mol. The van der Waals surface area contributed by atoms with Gasteiger partial charge in [-0.05, 0) is 25.5 Å². The number of hydrogen-bond acceptors (Lipinski definition) is 4. The van der Waals surface area contributed by atoms with Crippen LogP contribution in [0.4, 0.5) is 5.95 Å². The Morgan fingerprint density at radius 1 is 1.35 bits per heavy atom. The predicted molar refractivity (Wildman–Crippen MR) is 68.9 cm³/mol. The van der Waals surface area contributed by atoms with Crippen molar-refractivity contribution in [1.29, 1.82) is 0 Å². The summed E-state index contributed by atoms with van der Waals surface area (Å²) in [4.78, 5) is 8.58. The number of nitrogens with zero attached hydrogens (tertiary/aromatic N) is 2. The zero-order valence-electron chi connectivity index (χ0n) is 9.28. The van der Waals surface area contributed by atoms with Crippen molar-refractivity contribution in [2.45, 2.75) is 18.9 Å². The average Bonchev–Trinajstić information content (AvgIpc) is 2.83. The molecule has 2 heterocycles. The van der Waals surface area contributed by atoms with Crippen molar-refractivity contribution in [2.24, 2.45) is 0 Å². The van der Waals surface area contributed by atoms with E-state index in [1.54, 1.807) is 0 Å². The van der Waals surface area contributed by atoms with Gasteiger partial charge in [0.1, 0.15) is 0 Å². The molecule has 0 bridgehead atoms. The lowest BCUT2D eigenvalue weighted by Gasteiger charge is -2.13. The maximum atomic E-state index is 6.14. The summed E-state index contributed by atoms with van der Waals surface area (Å²) in [6.45, 7) is 1.02. The number of aromatic nitrogens is 2. The predicted octanol–water partition coefficient (Wildman–Crippen LogP) is 2.29. The fourth-order valence-corrected chi connectivity index (χ4v) is 2.56. The monoisotopic (exact) mass is 248 g/mol. The van der Waals surface area contributed by atoms with Crippen LogP contribution in [0.5, 0.6) is 0 Å². The molecule has 17 heavy (non-hydrogen) atoms. The van der Waals surface area contributed by atoms with Gasteiger partial charge in [-0.1, -0.05) is 23.7 Å². The van der Waals surface area contributed by atoms with Gasteiger partial charge in [-0.15, -0.1) is 0 Å². The highest BCUT2D eigenvalue weighted by molar-refractivity contribution is 6.35. The van der Waals surface area contributed by atoms with Gasteiger partial charge in [0.25, 0.3) is 0 Å². The van der Waals surface area contributed by atoms with Crippen LogP contribution in [0.15, 0.2) is 18.2 Å². The van der Waals surface area contributed by atoms with Crippen LogP contribution < -0.4 is 11.1 Å². The molecule has 1 aliphatic rings. The third kappa shape index (κ3) is 1.83. The quantitative estimate of drug-likeness (QED) is 0.813. The number of halogens is 1. The van der Waals surface area contributed by atoms with Gasteiger partial charge < -0.3 is 11.1 Å².